The lowest BCUT2D eigenvalue weighted by molar-refractivity contribution is -0.125. The number of aromatic nitrogens is 2. The third-order valence-electron chi connectivity index (χ3n) is 8.04. The molecule has 3 saturated carbocycles. The number of hydrogen-bond acceptors (Lipinski definition) is 6. The van der Waals surface area contributed by atoms with Crippen LogP contribution in [-0.4, -0.2) is 39.5 Å². The highest BCUT2D eigenvalue weighted by molar-refractivity contribution is 9.10. The van der Waals surface area contributed by atoms with Crippen LogP contribution >= 0.6 is 15.9 Å². The molecule has 10 heteroatoms. The molecule has 0 atom stereocenters. The number of hydrogen-bond donors (Lipinski definition) is 4. The number of halogens is 2. The summed E-state index contributed by atoms with van der Waals surface area (Å²) in [6, 6.07) is 3.14. The Hall–Kier alpha value is -2.49. The number of carbonyl (C=O) groups is 2. The van der Waals surface area contributed by atoms with E-state index in [0.29, 0.717) is 64.3 Å². The van der Waals surface area contributed by atoms with Gasteiger partial charge < -0.3 is 16.0 Å². The normalized spacial score (nSPS) is 23.8. The maximum atomic E-state index is 14.4. The number of nitrogens with zero attached hydrogens (tertiary/aromatic N) is 2. The largest absolute Gasteiger partial charge is 0.367 e. The van der Waals surface area contributed by atoms with Crippen molar-refractivity contribution in [2.24, 2.45) is 5.41 Å². The van der Waals surface area contributed by atoms with Crippen molar-refractivity contribution >= 4 is 50.5 Å². The second-order valence-electron chi connectivity index (χ2n) is 10.2. The van der Waals surface area contributed by atoms with E-state index in [-0.39, 0.29) is 17.8 Å². The van der Waals surface area contributed by atoms with Gasteiger partial charge in [0.1, 0.15) is 17.2 Å². The minimum atomic E-state index is -0.811. The Morgan fingerprint density at radius 3 is 2.42 bits per heavy atom. The molecule has 1 aromatic carbocycles. The fraction of sp³-hybridized carbons (Fsp3) is 0.565. The molecule has 2 heterocycles. The van der Waals surface area contributed by atoms with Crippen LogP contribution in [0, 0.1) is 11.2 Å². The lowest BCUT2D eigenvalue weighted by atomic mass is 9.54. The summed E-state index contributed by atoms with van der Waals surface area (Å²) in [6.45, 7) is 0. The van der Waals surface area contributed by atoms with Crippen LogP contribution in [0.2, 0.25) is 0 Å². The molecule has 0 unspecified atom stereocenters. The summed E-state index contributed by atoms with van der Waals surface area (Å²) in [5.41, 5.74) is 0.395. The Balaban J connectivity index is 1.22. The molecule has 1 aliphatic heterocycles. The molecule has 8 nitrogen and oxygen atoms in total. The van der Waals surface area contributed by atoms with Crippen molar-refractivity contribution in [1.29, 1.82) is 0 Å². The van der Waals surface area contributed by atoms with Gasteiger partial charge in [0.15, 0.2) is 0 Å². The van der Waals surface area contributed by atoms with Gasteiger partial charge in [0.05, 0.1) is 9.99 Å². The second-order valence-corrected chi connectivity index (χ2v) is 11.0. The number of carbonyl (C=O) groups excluding carboxylic acids is 2. The van der Waals surface area contributed by atoms with E-state index in [1.807, 2.05) is 0 Å². The molecule has 2 aromatic rings. The van der Waals surface area contributed by atoms with E-state index in [9.17, 15) is 14.0 Å². The minimum absolute atomic E-state index is 0.0560. The number of imide groups is 1. The number of urea groups is 1. The van der Waals surface area contributed by atoms with E-state index < -0.39 is 11.6 Å². The molecule has 4 fully saturated rings. The van der Waals surface area contributed by atoms with Crippen molar-refractivity contribution in [2.45, 2.75) is 75.4 Å². The first kappa shape index (κ1) is 21.1. The standard InChI is InChI=1S/C23H26BrFN6O2/c24-15-9-17-14(8-16(15)25)18(29-20(28-17)27-13-10-22(11-13)4-1-5-22)26-12-2-6-23(7-3-12)19(32)30-21(33)31-23/h8-9,12-13H,1-7,10-11H2,(H2,26,27,28,29)(H2,30,31,32,33). The van der Waals surface area contributed by atoms with E-state index in [1.165, 1.54) is 25.3 Å². The molecule has 0 radical (unpaired) electrons. The van der Waals surface area contributed by atoms with Gasteiger partial charge in [-0.1, -0.05) is 6.42 Å². The molecular weight excluding hydrogens is 491 g/mol. The average Bonchev–Trinajstić information content (AvgIpc) is 2.99. The summed E-state index contributed by atoms with van der Waals surface area (Å²) in [5.74, 6) is 0.528. The lowest BCUT2D eigenvalue weighted by Gasteiger charge is -2.54. The van der Waals surface area contributed by atoms with Crippen LogP contribution in [0.5, 0.6) is 0 Å². The van der Waals surface area contributed by atoms with Crippen molar-refractivity contribution in [3.63, 3.8) is 0 Å². The molecule has 174 valence electrons. The monoisotopic (exact) mass is 516 g/mol. The molecule has 1 aromatic heterocycles. The summed E-state index contributed by atoms with van der Waals surface area (Å²) < 4.78 is 14.7. The van der Waals surface area contributed by atoms with Gasteiger partial charge in [0, 0.05) is 17.5 Å². The first-order valence-corrected chi connectivity index (χ1v) is 12.5. The highest BCUT2D eigenvalue weighted by Crippen LogP contribution is 2.56. The predicted molar refractivity (Wildman–Crippen MR) is 125 cm³/mol. The van der Waals surface area contributed by atoms with Crippen molar-refractivity contribution in [1.82, 2.24) is 20.6 Å². The Bertz CT molecular complexity index is 1150. The smallest absolute Gasteiger partial charge is 0.322 e. The molecule has 3 amide bonds. The van der Waals surface area contributed by atoms with E-state index in [0.717, 1.165) is 12.8 Å². The highest BCUT2D eigenvalue weighted by atomic mass is 79.9. The Morgan fingerprint density at radius 2 is 1.79 bits per heavy atom. The third kappa shape index (κ3) is 3.62. The molecule has 1 saturated heterocycles. The summed E-state index contributed by atoms with van der Waals surface area (Å²) in [7, 11) is 0. The van der Waals surface area contributed by atoms with Crippen LogP contribution < -0.4 is 21.3 Å². The number of anilines is 2. The minimum Gasteiger partial charge on any atom is -0.367 e. The van der Waals surface area contributed by atoms with Gasteiger partial charge in [-0.15, -0.1) is 0 Å². The number of amides is 3. The van der Waals surface area contributed by atoms with E-state index in [4.69, 9.17) is 4.98 Å². The van der Waals surface area contributed by atoms with Crippen molar-refractivity contribution in [3.05, 3.63) is 22.4 Å². The van der Waals surface area contributed by atoms with Gasteiger partial charge in [0.25, 0.3) is 5.91 Å². The van der Waals surface area contributed by atoms with Gasteiger partial charge >= 0.3 is 6.03 Å². The highest BCUT2D eigenvalue weighted by Gasteiger charge is 2.49. The van der Waals surface area contributed by atoms with E-state index >= 15 is 0 Å². The third-order valence-corrected chi connectivity index (χ3v) is 8.65. The zero-order chi connectivity index (χ0) is 22.8. The van der Waals surface area contributed by atoms with E-state index in [2.05, 4.69) is 42.2 Å². The topological polar surface area (TPSA) is 108 Å². The zero-order valence-electron chi connectivity index (χ0n) is 18.1. The maximum absolute atomic E-state index is 14.4. The number of fused-ring (bicyclic) bond motifs is 1. The van der Waals surface area contributed by atoms with Crippen LogP contribution in [0.4, 0.5) is 21.0 Å². The van der Waals surface area contributed by atoms with Gasteiger partial charge in [-0.05, 0) is 84.8 Å². The zero-order valence-corrected chi connectivity index (χ0v) is 19.7. The molecule has 2 spiro atoms. The Morgan fingerprint density at radius 1 is 1.03 bits per heavy atom. The number of nitrogens with one attached hydrogen (secondary N) is 4. The maximum Gasteiger partial charge on any atom is 0.322 e. The molecule has 4 aliphatic rings. The first-order chi connectivity index (χ1) is 15.8. The SMILES string of the molecule is O=C1NC(=O)C2(CCC(Nc3nc(NC4CC5(CCC5)C4)nc4cc(Br)c(F)cc34)CC2)N1. The van der Waals surface area contributed by atoms with Gasteiger partial charge in [0.2, 0.25) is 5.95 Å². The van der Waals surface area contributed by atoms with Gasteiger partial charge in [-0.25, -0.2) is 14.2 Å². The van der Waals surface area contributed by atoms with Gasteiger partial charge in [-0.3, -0.25) is 10.1 Å². The van der Waals surface area contributed by atoms with Crippen molar-refractivity contribution in [3.8, 4) is 0 Å². The van der Waals surface area contributed by atoms with Crippen LogP contribution in [0.15, 0.2) is 16.6 Å². The summed E-state index contributed by atoms with van der Waals surface area (Å²) in [4.78, 5) is 33.2. The van der Waals surface area contributed by atoms with E-state index in [1.54, 1.807) is 6.07 Å². The molecule has 4 N–H and O–H groups in total. The average molecular weight is 517 g/mol. The number of rotatable bonds is 4. The molecule has 6 rings (SSSR count). The molecule has 3 aliphatic carbocycles. The van der Waals surface area contributed by atoms with Crippen LogP contribution in [0.3, 0.4) is 0 Å². The fourth-order valence-electron chi connectivity index (χ4n) is 5.98. The van der Waals surface area contributed by atoms with Gasteiger partial charge in [-0.2, -0.15) is 4.98 Å². The number of benzene rings is 1. The molecular formula is C23H26BrFN6O2. The van der Waals surface area contributed by atoms with Crippen molar-refractivity contribution < 1.29 is 14.0 Å². The lowest BCUT2D eigenvalue weighted by Crippen LogP contribution is -2.51. The fourth-order valence-corrected chi connectivity index (χ4v) is 6.31. The van der Waals surface area contributed by atoms with Crippen LogP contribution in [0.1, 0.15) is 57.8 Å². The quantitative estimate of drug-likeness (QED) is 0.453. The Labute approximate surface area is 199 Å². The van der Waals surface area contributed by atoms with Crippen molar-refractivity contribution in [2.75, 3.05) is 10.6 Å². The molecule has 33 heavy (non-hydrogen) atoms. The summed E-state index contributed by atoms with van der Waals surface area (Å²) in [5, 5.41) is 12.7. The molecule has 0 bridgehead atoms. The predicted octanol–water partition coefficient (Wildman–Crippen LogP) is 4.21. The first-order valence-electron chi connectivity index (χ1n) is 11.7. The second kappa shape index (κ2) is 7.51. The Kier molecular flexibility index (Phi) is 4.80. The summed E-state index contributed by atoms with van der Waals surface area (Å²) >= 11 is 3.27. The van der Waals surface area contributed by atoms with Crippen LogP contribution in [0.25, 0.3) is 10.9 Å². The summed E-state index contributed by atoms with van der Waals surface area (Å²) in [6.07, 6.45) is 8.75. The van der Waals surface area contributed by atoms with Crippen LogP contribution in [-0.2, 0) is 4.79 Å².